The maximum atomic E-state index is 6.06. The van der Waals surface area contributed by atoms with Gasteiger partial charge in [0.05, 0.1) is 0 Å². The van der Waals surface area contributed by atoms with Crippen LogP contribution in [0.2, 0.25) is 10.0 Å². The summed E-state index contributed by atoms with van der Waals surface area (Å²) in [6.07, 6.45) is 6.15. The summed E-state index contributed by atoms with van der Waals surface area (Å²) in [4.78, 5) is 0. The second kappa shape index (κ2) is 9.99. The van der Waals surface area contributed by atoms with Crippen LogP contribution in [0.4, 0.5) is 0 Å². The summed E-state index contributed by atoms with van der Waals surface area (Å²) in [5.74, 6) is 0. The van der Waals surface area contributed by atoms with Crippen LogP contribution in [0.25, 0.3) is 0 Å². The van der Waals surface area contributed by atoms with Crippen LogP contribution in [0, 0.1) is 0 Å². The molecule has 0 aromatic heterocycles. The Morgan fingerprint density at radius 1 is 1.00 bits per heavy atom. The van der Waals surface area contributed by atoms with E-state index in [1.165, 1.54) is 31.2 Å². The van der Waals surface area contributed by atoms with E-state index in [0.29, 0.717) is 5.02 Å². The zero-order valence-corrected chi connectivity index (χ0v) is 12.0. The van der Waals surface area contributed by atoms with Crippen molar-refractivity contribution in [1.82, 2.24) is 0 Å². The van der Waals surface area contributed by atoms with Crippen LogP contribution < -0.4 is 0 Å². The lowest BCUT2D eigenvalue weighted by molar-refractivity contribution is 0.667. The topological polar surface area (TPSA) is 0 Å². The van der Waals surface area contributed by atoms with Gasteiger partial charge in [0, 0.05) is 10.0 Å². The van der Waals surface area contributed by atoms with Crippen LogP contribution in [-0.4, -0.2) is 0 Å². The Balaban J connectivity index is 0.00000106. The van der Waals surface area contributed by atoms with E-state index in [9.17, 15) is 0 Å². The van der Waals surface area contributed by atoms with Crippen LogP contribution in [-0.2, 0) is 6.42 Å². The first-order chi connectivity index (χ1) is 7.74. The highest BCUT2D eigenvalue weighted by Crippen LogP contribution is 2.22. The maximum absolute atomic E-state index is 6.06. The third kappa shape index (κ3) is 6.40. The first-order valence-corrected chi connectivity index (χ1v) is 6.93. The monoisotopic (exact) mass is 260 g/mol. The first-order valence-electron chi connectivity index (χ1n) is 6.18. The predicted molar refractivity (Wildman–Crippen MR) is 75.7 cm³/mol. The zero-order chi connectivity index (χ0) is 12.4. The van der Waals surface area contributed by atoms with E-state index in [0.717, 1.165) is 11.4 Å². The molecule has 0 aliphatic carbocycles. The van der Waals surface area contributed by atoms with Crippen molar-refractivity contribution < 1.29 is 0 Å². The molecule has 0 saturated carbocycles. The Morgan fingerprint density at radius 3 is 2.25 bits per heavy atom. The second-order valence-electron chi connectivity index (χ2n) is 3.55. The van der Waals surface area contributed by atoms with Gasteiger partial charge >= 0.3 is 0 Å². The van der Waals surface area contributed by atoms with Crippen LogP contribution in [0.1, 0.15) is 52.0 Å². The van der Waals surface area contributed by atoms with Crippen molar-refractivity contribution in [3.63, 3.8) is 0 Å². The number of benzene rings is 1. The summed E-state index contributed by atoms with van der Waals surface area (Å²) in [6.45, 7) is 6.22. The van der Waals surface area contributed by atoms with E-state index in [1.54, 1.807) is 0 Å². The molecule has 0 spiro atoms. The van der Waals surface area contributed by atoms with Gasteiger partial charge in [0.25, 0.3) is 0 Å². The molecule has 1 rings (SSSR count). The number of unbranched alkanes of at least 4 members (excludes halogenated alkanes) is 3. The molecule has 0 nitrogen and oxygen atoms in total. The first kappa shape index (κ1) is 15.8. The summed E-state index contributed by atoms with van der Waals surface area (Å²) in [5.41, 5.74) is 1.21. The van der Waals surface area contributed by atoms with Gasteiger partial charge in [-0.15, -0.1) is 0 Å². The summed E-state index contributed by atoms with van der Waals surface area (Å²) in [5, 5.41) is 1.52. The van der Waals surface area contributed by atoms with Crippen molar-refractivity contribution in [2.45, 2.75) is 52.9 Å². The van der Waals surface area contributed by atoms with Gasteiger partial charge in [-0.05, 0) is 30.5 Å². The van der Waals surface area contributed by atoms with E-state index in [-0.39, 0.29) is 0 Å². The fourth-order valence-corrected chi connectivity index (χ4v) is 1.97. The Labute approximate surface area is 110 Å². The Bertz CT molecular complexity index is 282. The lowest BCUT2D eigenvalue weighted by atomic mass is 10.1. The average molecular weight is 261 g/mol. The fourth-order valence-electron chi connectivity index (χ4n) is 1.47. The third-order valence-corrected chi connectivity index (χ3v) is 2.90. The van der Waals surface area contributed by atoms with Gasteiger partial charge < -0.3 is 0 Å². The minimum atomic E-state index is 0.715. The van der Waals surface area contributed by atoms with Crippen molar-refractivity contribution in [3.05, 3.63) is 33.8 Å². The number of rotatable bonds is 5. The number of halogens is 2. The Kier molecular flexibility index (Phi) is 9.86. The van der Waals surface area contributed by atoms with Gasteiger partial charge in [0.1, 0.15) is 0 Å². The quantitative estimate of drug-likeness (QED) is 0.558. The van der Waals surface area contributed by atoms with E-state index in [4.69, 9.17) is 23.2 Å². The molecule has 0 unspecified atom stereocenters. The van der Waals surface area contributed by atoms with Gasteiger partial charge in [0.15, 0.2) is 0 Å². The summed E-state index contributed by atoms with van der Waals surface area (Å²) in [6, 6.07) is 5.75. The van der Waals surface area contributed by atoms with Crippen molar-refractivity contribution in [2.75, 3.05) is 0 Å². The Morgan fingerprint density at radius 2 is 1.69 bits per heavy atom. The van der Waals surface area contributed by atoms with Gasteiger partial charge in [-0.1, -0.05) is 69.3 Å². The highest BCUT2D eigenvalue weighted by molar-refractivity contribution is 6.35. The predicted octanol–water partition coefficient (Wildman–Crippen LogP) is 6.14. The molecule has 0 heterocycles. The van der Waals surface area contributed by atoms with Crippen LogP contribution in [0.3, 0.4) is 0 Å². The second-order valence-corrected chi connectivity index (χ2v) is 4.39. The largest absolute Gasteiger partial charge is 0.0843 e. The summed E-state index contributed by atoms with van der Waals surface area (Å²) < 4.78 is 0. The molecular formula is C14H22Cl2. The van der Waals surface area contributed by atoms with Gasteiger partial charge in [-0.3, -0.25) is 0 Å². The molecule has 2 heteroatoms. The zero-order valence-electron chi connectivity index (χ0n) is 10.5. The Hall–Kier alpha value is -0.200. The number of hydrogen-bond acceptors (Lipinski definition) is 0. The van der Waals surface area contributed by atoms with E-state index in [1.807, 2.05) is 32.0 Å². The molecule has 0 aliphatic heterocycles. The van der Waals surface area contributed by atoms with E-state index in [2.05, 4.69) is 6.92 Å². The van der Waals surface area contributed by atoms with Gasteiger partial charge in [-0.2, -0.15) is 0 Å². The average Bonchev–Trinajstić information content (AvgIpc) is 2.29. The standard InChI is InChI=1S/C12H16Cl2.C2H6/c1-2-3-4-5-6-10-7-8-11(13)9-12(10)14;1-2/h7-9H,2-6H2,1H3;1-2H3. The molecule has 0 bridgehead atoms. The third-order valence-electron chi connectivity index (χ3n) is 2.31. The van der Waals surface area contributed by atoms with E-state index < -0.39 is 0 Å². The van der Waals surface area contributed by atoms with E-state index >= 15 is 0 Å². The number of hydrogen-bond donors (Lipinski definition) is 0. The molecule has 16 heavy (non-hydrogen) atoms. The van der Waals surface area contributed by atoms with Crippen LogP contribution in [0.15, 0.2) is 18.2 Å². The number of aryl methyl sites for hydroxylation is 1. The van der Waals surface area contributed by atoms with Crippen molar-refractivity contribution >= 4 is 23.2 Å². The molecule has 0 fully saturated rings. The molecule has 0 amide bonds. The molecule has 1 aromatic rings. The lowest BCUT2D eigenvalue weighted by Crippen LogP contribution is -1.87. The molecule has 0 aliphatic rings. The maximum Gasteiger partial charge on any atom is 0.0452 e. The molecule has 92 valence electrons. The lowest BCUT2D eigenvalue weighted by Gasteiger charge is -2.04. The highest BCUT2D eigenvalue weighted by atomic mass is 35.5. The van der Waals surface area contributed by atoms with Gasteiger partial charge in [-0.25, -0.2) is 0 Å². The minimum Gasteiger partial charge on any atom is -0.0843 e. The summed E-state index contributed by atoms with van der Waals surface area (Å²) in [7, 11) is 0. The normalized spacial score (nSPS) is 9.56. The fraction of sp³-hybridized carbons (Fsp3) is 0.571. The molecule has 0 radical (unpaired) electrons. The van der Waals surface area contributed by atoms with Crippen LogP contribution >= 0.6 is 23.2 Å². The molecule has 1 aromatic carbocycles. The minimum absolute atomic E-state index is 0.715. The highest BCUT2D eigenvalue weighted by Gasteiger charge is 2.00. The molecule has 0 N–H and O–H groups in total. The van der Waals surface area contributed by atoms with Crippen molar-refractivity contribution in [1.29, 1.82) is 0 Å². The van der Waals surface area contributed by atoms with Crippen LogP contribution in [0.5, 0.6) is 0 Å². The SMILES string of the molecule is CC.CCCCCCc1ccc(Cl)cc1Cl. The molecule has 0 atom stereocenters. The van der Waals surface area contributed by atoms with Gasteiger partial charge in [0.2, 0.25) is 0 Å². The van der Waals surface area contributed by atoms with Crippen molar-refractivity contribution in [2.24, 2.45) is 0 Å². The van der Waals surface area contributed by atoms with Crippen molar-refractivity contribution in [3.8, 4) is 0 Å². The smallest absolute Gasteiger partial charge is 0.0452 e. The molecular weight excluding hydrogens is 239 g/mol. The summed E-state index contributed by atoms with van der Waals surface area (Å²) >= 11 is 11.9. The molecule has 0 saturated heterocycles.